The van der Waals surface area contributed by atoms with Crippen molar-refractivity contribution in [3.63, 3.8) is 0 Å². The summed E-state index contributed by atoms with van der Waals surface area (Å²) >= 11 is 0. The van der Waals surface area contributed by atoms with Gasteiger partial charge in [0.15, 0.2) is 6.10 Å². The van der Waals surface area contributed by atoms with Crippen molar-refractivity contribution in [3.05, 3.63) is 65.7 Å². The van der Waals surface area contributed by atoms with Gasteiger partial charge < -0.3 is 24.6 Å². The summed E-state index contributed by atoms with van der Waals surface area (Å²) in [6.45, 7) is 7.73. The fourth-order valence-corrected chi connectivity index (χ4v) is 2.89. The number of carbonyl (C=O) groups excluding carboxylic acids is 1. The largest absolute Gasteiger partial charge is 0.491 e. The lowest BCUT2D eigenvalue weighted by Crippen LogP contribution is -2.37. The van der Waals surface area contributed by atoms with Crippen LogP contribution in [0.25, 0.3) is 0 Å². The Balaban J connectivity index is 2.02. The van der Waals surface area contributed by atoms with Gasteiger partial charge in [-0.25, -0.2) is 9.59 Å². The average Bonchev–Trinajstić information content (AvgIpc) is 2.71. The number of carboxylic acid groups (broad SMARTS) is 1. The zero-order valence-corrected chi connectivity index (χ0v) is 18.5. The molecule has 0 saturated heterocycles. The molecule has 2 aromatic rings. The van der Waals surface area contributed by atoms with E-state index < -0.39 is 29.8 Å². The number of nitrogens with one attached hydrogen (secondary N) is 1. The normalized spacial score (nSPS) is 13.2. The van der Waals surface area contributed by atoms with Gasteiger partial charge in [-0.1, -0.05) is 42.5 Å². The number of hydrogen-bond donors (Lipinski definition) is 2. The van der Waals surface area contributed by atoms with Crippen LogP contribution in [-0.4, -0.2) is 42.1 Å². The smallest absolute Gasteiger partial charge is 0.408 e. The van der Waals surface area contributed by atoms with E-state index in [0.29, 0.717) is 12.4 Å². The first-order valence-corrected chi connectivity index (χ1v) is 10.3. The zero-order chi connectivity index (χ0) is 22.9. The van der Waals surface area contributed by atoms with E-state index in [0.717, 1.165) is 11.1 Å². The van der Waals surface area contributed by atoms with Crippen LogP contribution >= 0.6 is 0 Å². The highest BCUT2D eigenvalue weighted by Gasteiger charge is 2.21. The topological polar surface area (TPSA) is 94.1 Å². The van der Waals surface area contributed by atoms with Gasteiger partial charge in [-0.15, -0.1) is 0 Å². The number of amides is 1. The van der Waals surface area contributed by atoms with E-state index in [-0.39, 0.29) is 13.0 Å². The van der Waals surface area contributed by atoms with Crippen molar-refractivity contribution < 1.29 is 28.9 Å². The number of rotatable bonds is 10. The van der Waals surface area contributed by atoms with Crippen LogP contribution in [0.4, 0.5) is 4.79 Å². The third-order valence-corrected chi connectivity index (χ3v) is 4.30. The van der Waals surface area contributed by atoms with Crippen molar-refractivity contribution in [3.8, 4) is 5.75 Å². The first-order valence-electron chi connectivity index (χ1n) is 10.3. The summed E-state index contributed by atoms with van der Waals surface area (Å²) in [4.78, 5) is 23.5. The third kappa shape index (κ3) is 8.68. The summed E-state index contributed by atoms with van der Waals surface area (Å²) < 4.78 is 16.5. The maximum absolute atomic E-state index is 12.3. The molecular formula is C24H31NO6. The lowest BCUT2D eigenvalue weighted by molar-refractivity contribution is -0.149. The summed E-state index contributed by atoms with van der Waals surface area (Å²) in [7, 11) is 0. The molecule has 0 heterocycles. The van der Waals surface area contributed by atoms with Crippen LogP contribution in [0.5, 0.6) is 5.75 Å². The van der Waals surface area contributed by atoms with Crippen LogP contribution in [0.1, 0.15) is 44.9 Å². The van der Waals surface area contributed by atoms with Crippen molar-refractivity contribution in [2.75, 3.05) is 13.2 Å². The van der Waals surface area contributed by atoms with Gasteiger partial charge in [0.25, 0.3) is 0 Å². The second-order valence-corrected chi connectivity index (χ2v) is 8.05. The Morgan fingerprint density at radius 1 is 1.03 bits per heavy atom. The van der Waals surface area contributed by atoms with Gasteiger partial charge in [-0.05, 0) is 51.0 Å². The monoisotopic (exact) mass is 429 g/mol. The molecule has 168 valence electrons. The molecule has 2 rings (SSSR count). The second-order valence-electron chi connectivity index (χ2n) is 8.05. The summed E-state index contributed by atoms with van der Waals surface area (Å²) in [5.74, 6) is -0.375. The predicted molar refractivity (Wildman–Crippen MR) is 117 cm³/mol. The van der Waals surface area contributed by atoms with Gasteiger partial charge in [0.1, 0.15) is 18.0 Å². The van der Waals surface area contributed by atoms with E-state index >= 15 is 0 Å². The molecule has 31 heavy (non-hydrogen) atoms. The number of alkyl carbamates (subject to hydrolysis) is 1. The van der Waals surface area contributed by atoms with Crippen molar-refractivity contribution in [1.29, 1.82) is 0 Å². The van der Waals surface area contributed by atoms with Crippen LogP contribution in [0, 0.1) is 0 Å². The van der Waals surface area contributed by atoms with E-state index in [1.807, 2.05) is 63.2 Å². The molecule has 0 aliphatic rings. The number of aliphatic carboxylic acids is 1. The summed E-state index contributed by atoms with van der Waals surface area (Å²) in [6, 6.07) is 16.3. The van der Waals surface area contributed by atoms with Gasteiger partial charge in [-0.2, -0.15) is 0 Å². The molecule has 7 heteroatoms. The van der Waals surface area contributed by atoms with Gasteiger partial charge in [-0.3, -0.25) is 0 Å². The Labute approximate surface area is 183 Å². The molecule has 0 aromatic heterocycles. The molecule has 0 saturated carbocycles. The number of ether oxygens (including phenoxy) is 3. The summed E-state index contributed by atoms with van der Waals surface area (Å²) in [6.07, 6.45) is -1.12. The Kier molecular flexibility index (Phi) is 8.88. The highest BCUT2D eigenvalue weighted by atomic mass is 16.6. The molecular weight excluding hydrogens is 398 g/mol. The fourth-order valence-electron chi connectivity index (χ4n) is 2.89. The quantitative estimate of drug-likeness (QED) is 0.583. The van der Waals surface area contributed by atoms with Crippen molar-refractivity contribution >= 4 is 12.1 Å². The molecule has 0 bridgehead atoms. The fraction of sp³-hybridized carbons (Fsp3) is 0.417. The van der Waals surface area contributed by atoms with E-state index in [2.05, 4.69) is 5.32 Å². The van der Waals surface area contributed by atoms with Crippen LogP contribution in [0.15, 0.2) is 54.6 Å². The van der Waals surface area contributed by atoms with Gasteiger partial charge >= 0.3 is 12.1 Å². The van der Waals surface area contributed by atoms with Gasteiger partial charge in [0.05, 0.1) is 6.04 Å². The van der Waals surface area contributed by atoms with Crippen LogP contribution in [-0.2, 0) is 20.7 Å². The Morgan fingerprint density at radius 2 is 1.68 bits per heavy atom. The third-order valence-electron chi connectivity index (χ3n) is 4.30. The molecule has 1 amide bonds. The predicted octanol–water partition coefficient (Wildman–Crippen LogP) is 4.36. The Morgan fingerprint density at radius 3 is 2.23 bits per heavy atom. The second kappa shape index (κ2) is 11.4. The van der Waals surface area contributed by atoms with Crippen LogP contribution in [0.2, 0.25) is 0 Å². The molecule has 2 aromatic carbocycles. The minimum Gasteiger partial charge on any atom is -0.491 e. The first-order chi connectivity index (χ1) is 14.7. The van der Waals surface area contributed by atoms with Crippen molar-refractivity contribution in [1.82, 2.24) is 5.32 Å². The minimum absolute atomic E-state index is 0.208. The molecule has 0 fully saturated rings. The maximum atomic E-state index is 12.3. The van der Waals surface area contributed by atoms with Crippen LogP contribution in [0.3, 0.4) is 0 Å². The average molecular weight is 430 g/mol. The van der Waals surface area contributed by atoms with E-state index in [1.165, 1.54) is 0 Å². The van der Waals surface area contributed by atoms with E-state index in [4.69, 9.17) is 14.2 Å². The SMILES string of the molecule is CCO[C@@H](Cc1ccc(OC[C@@H](NC(=O)OC(C)(C)C)c2ccccc2)cc1)C(=O)O. The number of carbonyl (C=O) groups is 2. The minimum atomic E-state index is -0.985. The number of carboxylic acids is 1. The molecule has 2 N–H and O–H groups in total. The molecule has 0 aliphatic carbocycles. The molecule has 0 radical (unpaired) electrons. The maximum Gasteiger partial charge on any atom is 0.408 e. The number of benzene rings is 2. The zero-order valence-electron chi connectivity index (χ0n) is 18.5. The summed E-state index contributed by atoms with van der Waals surface area (Å²) in [5.41, 5.74) is 1.13. The first kappa shape index (κ1) is 24.2. The molecule has 2 atom stereocenters. The van der Waals surface area contributed by atoms with Crippen molar-refractivity contribution in [2.24, 2.45) is 0 Å². The van der Waals surface area contributed by atoms with Crippen LogP contribution < -0.4 is 10.1 Å². The highest BCUT2D eigenvalue weighted by Crippen LogP contribution is 2.19. The lowest BCUT2D eigenvalue weighted by atomic mass is 10.1. The van der Waals surface area contributed by atoms with E-state index in [1.54, 1.807) is 19.1 Å². The molecule has 0 aliphatic heterocycles. The Hall–Kier alpha value is -3.06. The van der Waals surface area contributed by atoms with Gasteiger partial charge in [0.2, 0.25) is 0 Å². The standard InChI is InChI=1S/C24H31NO6/c1-5-29-21(22(26)27)15-17-11-13-19(14-12-17)30-16-20(18-9-7-6-8-10-18)25-23(28)31-24(2,3)4/h6-14,20-21H,5,15-16H2,1-4H3,(H,25,28)(H,26,27)/t20-,21+/m1/s1. The molecule has 0 unspecified atom stereocenters. The lowest BCUT2D eigenvalue weighted by Gasteiger charge is -2.24. The highest BCUT2D eigenvalue weighted by molar-refractivity contribution is 5.72. The summed E-state index contributed by atoms with van der Waals surface area (Å²) in [5, 5.41) is 12.1. The molecule has 7 nitrogen and oxygen atoms in total. The Bertz CT molecular complexity index is 829. The van der Waals surface area contributed by atoms with Gasteiger partial charge in [0, 0.05) is 13.0 Å². The van der Waals surface area contributed by atoms with Crippen molar-refractivity contribution in [2.45, 2.75) is 51.9 Å². The van der Waals surface area contributed by atoms with E-state index in [9.17, 15) is 14.7 Å². The molecule has 0 spiro atoms. The number of hydrogen-bond acceptors (Lipinski definition) is 5.